The fourth-order valence-electron chi connectivity index (χ4n) is 2.04. The third-order valence-electron chi connectivity index (χ3n) is 3.41. The molecule has 1 amide bonds. The summed E-state index contributed by atoms with van der Waals surface area (Å²) in [6.07, 6.45) is -2.90. The van der Waals surface area contributed by atoms with Crippen molar-refractivity contribution in [3.05, 3.63) is 69.0 Å². The number of aliphatic hydroxyl groups is 2. The summed E-state index contributed by atoms with van der Waals surface area (Å²) in [7, 11) is 0. The molecule has 138 valence electrons. The zero-order valence-corrected chi connectivity index (χ0v) is 14.2. The molecule has 26 heavy (non-hydrogen) atoms. The lowest BCUT2D eigenvalue weighted by Gasteiger charge is -2.19. The van der Waals surface area contributed by atoms with Crippen LogP contribution in [0.3, 0.4) is 0 Å². The number of hydrogen-bond donors (Lipinski definition) is 3. The summed E-state index contributed by atoms with van der Waals surface area (Å²) in [6.45, 7) is -0.306. The maximum absolute atomic E-state index is 11.6. The summed E-state index contributed by atoms with van der Waals surface area (Å²) in [5.41, 5.74) is 0.288. The highest BCUT2D eigenvalue weighted by Gasteiger charge is 2.24. The third kappa shape index (κ3) is 5.38. The normalized spacial score (nSPS) is 12.9. The third-order valence-corrected chi connectivity index (χ3v) is 3.73. The largest absolute Gasteiger partial charge is 0.445 e. The number of nitrogens with zero attached hydrogens (tertiary/aromatic N) is 2. The van der Waals surface area contributed by atoms with Gasteiger partial charge in [0.2, 0.25) is 0 Å². The summed E-state index contributed by atoms with van der Waals surface area (Å²) >= 11 is 5.80. The predicted molar refractivity (Wildman–Crippen MR) is 91.5 cm³/mol. The van der Waals surface area contributed by atoms with Gasteiger partial charge in [0.15, 0.2) is 0 Å². The van der Waals surface area contributed by atoms with Gasteiger partial charge in [0.25, 0.3) is 5.69 Å². The molecule has 0 radical (unpaired) electrons. The molecule has 0 aliphatic heterocycles. The molecule has 0 bridgehead atoms. The number of ether oxygens (including phenoxy) is 1. The zero-order valence-electron chi connectivity index (χ0n) is 13.4. The molecule has 0 saturated carbocycles. The van der Waals surface area contributed by atoms with Crippen LogP contribution in [0.5, 0.6) is 0 Å². The number of nitro groups is 1. The number of rotatable bonds is 7. The van der Waals surface area contributed by atoms with Crippen LogP contribution in [-0.4, -0.2) is 38.9 Å². The number of halogens is 1. The Kier molecular flexibility index (Phi) is 6.84. The summed E-state index contributed by atoms with van der Waals surface area (Å²) in [6, 6.07) is 10.00. The first-order valence-electron chi connectivity index (χ1n) is 7.49. The lowest BCUT2D eigenvalue weighted by atomic mass is 10.1. The van der Waals surface area contributed by atoms with Gasteiger partial charge in [-0.1, -0.05) is 41.9 Å². The SMILES string of the molecule is O=C(NCC(O)C(O)c1cc([N+](=O)[O-])cnc1Cl)OCc1ccccc1. The Balaban J connectivity index is 1.88. The van der Waals surface area contributed by atoms with E-state index in [-0.39, 0.29) is 29.6 Å². The number of nitrogens with one attached hydrogen (secondary N) is 1. The fourth-order valence-corrected chi connectivity index (χ4v) is 2.26. The molecule has 2 unspecified atom stereocenters. The van der Waals surface area contributed by atoms with Crippen LogP contribution in [0.4, 0.5) is 10.5 Å². The standard InChI is InChI=1S/C16H16ClN3O6/c17-15-12(6-11(7-18-15)20(24)25)14(22)13(21)8-19-16(23)26-9-10-4-2-1-3-5-10/h1-7,13-14,21-22H,8-9H2,(H,19,23). The van der Waals surface area contributed by atoms with Crippen molar-refractivity contribution in [2.75, 3.05) is 6.54 Å². The molecule has 0 spiro atoms. The Bertz CT molecular complexity index is 774. The highest BCUT2D eigenvalue weighted by atomic mass is 35.5. The Morgan fingerprint density at radius 3 is 2.69 bits per heavy atom. The molecule has 0 aliphatic carbocycles. The topological polar surface area (TPSA) is 135 Å². The molecule has 0 fully saturated rings. The summed E-state index contributed by atoms with van der Waals surface area (Å²) in [5.74, 6) is 0. The first kappa shape index (κ1) is 19.6. The van der Waals surface area contributed by atoms with Crippen LogP contribution in [0.2, 0.25) is 5.15 Å². The van der Waals surface area contributed by atoms with Gasteiger partial charge in [-0.05, 0) is 5.56 Å². The van der Waals surface area contributed by atoms with E-state index in [1.165, 1.54) is 0 Å². The van der Waals surface area contributed by atoms with E-state index in [4.69, 9.17) is 16.3 Å². The molecule has 9 nitrogen and oxygen atoms in total. The molecular formula is C16H16ClN3O6. The monoisotopic (exact) mass is 381 g/mol. The van der Waals surface area contributed by atoms with Gasteiger partial charge in [-0.2, -0.15) is 0 Å². The molecule has 3 N–H and O–H groups in total. The van der Waals surface area contributed by atoms with Crippen molar-refractivity contribution < 1.29 is 24.7 Å². The van der Waals surface area contributed by atoms with Crippen molar-refractivity contribution in [3.8, 4) is 0 Å². The number of aromatic nitrogens is 1. The summed E-state index contributed by atoms with van der Waals surface area (Å²) < 4.78 is 4.97. The van der Waals surface area contributed by atoms with Crippen molar-refractivity contribution in [2.45, 2.75) is 18.8 Å². The van der Waals surface area contributed by atoms with Crippen LogP contribution in [0.25, 0.3) is 0 Å². The zero-order chi connectivity index (χ0) is 19.1. The number of aliphatic hydroxyl groups excluding tert-OH is 2. The maximum Gasteiger partial charge on any atom is 0.407 e. The molecule has 1 aromatic heterocycles. The van der Waals surface area contributed by atoms with E-state index >= 15 is 0 Å². The van der Waals surface area contributed by atoms with E-state index in [9.17, 15) is 25.1 Å². The van der Waals surface area contributed by atoms with E-state index in [2.05, 4.69) is 10.3 Å². The van der Waals surface area contributed by atoms with Crippen molar-refractivity contribution in [1.29, 1.82) is 0 Å². The van der Waals surface area contributed by atoms with E-state index in [1.54, 1.807) is 24.3 Å². The minimum Gasteiger partial charge on any atom is -0.445 e. The van der Waals surface area contributed by atoms with Crippen LogP contribution in [0.1, 0.15) is 17.2 Å². The highest BCUT2D eigenvalue weighted by molar-refractivity contribution is 6.30. The van der Waals surface area contributed by atoms with Gasteiger partial charge < -0.3 is 20.3 Å². The number of amides is 1. The minimum absolute atomic E-state index is 0.0476. The van der Waals surface area contributed by atoms with E-state index in [1.807, 2.05) is 6.07 Å². The molecular weight excluding hydrogens is 366 g/mol. The quantitative estimate of drug-likeness (QED) is 0.379. The van der Waals surface area contributed by atoms with Gasteiger partial charge in [0, 0.05) is 18.2 Å². The number of pyridine rings is 1. The molecule has 2 aromatic rings. The van der Waals surface area contributed by atoms with Crippen molar-refractivity contribution in [2.24, 2.45) is 0 Å². The smallest absolute Gasteiger partial charge is 0.407 e. The predicted octanol–water partition coefficient (Wildman–Crippen LogP) is 1.96. The number of carbonyl (C=O) groups excluding carboxylic acids is 1. The first-order chi connectivity index (χ1) is 12.4. The van der Waals surface area contributed by atoms with Gasteiger partial charge >= 0.3 is 6.09 Å². The molecule has 0 saturated heterocycles. The second kappa shape index (κ2) is 9.09. The molecule has 2 rings (SSSR count). The number of carbonyl (C=O) groups is 1. The Morgan fingerprint density at radius 2 is 2.04 bits per heavy atom. The fraction of sp³-hybridized carbons (Fsp3) is 0.250. The number of benzene rings is 1. The molecule has 2 atom stereocenters. The Hall–Kier alpha value is -2.75. The molecule has 1 heterocycles. The molecule has 0 aliphatic rings. The van der Waals surface area contributed by atoms with E-state index in [0.29, 0.717) is 0 Å². The van der Waals surface area contributed by atoms with Crippen LogP contribution in [0, 0.1) is 10.1 Å². The van der Waals surface area contributed by atoms with Gasteiger partial charge in [0.1, 0.15) is 30.2 Å². The van der Waals surface area contributed by atoms with E-state index in [0.717, 1.165) is 17.8 Å². The number of hydrogen-bond acceptors (Lipinski definition) is 7. The Labute approximate surface area is 153 Å². The summed E-state index contributed by atoms with van der Waals surface area (Å²) in [5, 5.41) is 33.0. The van der Waals surface area contributed by atoms with E-state index < -0.39 is 23.2 Å². The summed E-state index contributed by atoms with van der Waals surface area (Å²) in [4.78, 5) is 25.3. The van der Waals surface area contributed by atoms with Crippen molar-refractivity contribution in [1.82, 2.24) is 10.3 Å². The lowest BCUT2D eigenvalue weighted by molar-refractivity contribution is -0.385. The van der Waals surface area contributed by atoms with Gasteiger partial charge in [0.05, 0.1) is 4.92 Å². The average molecular weight is 382 g/mol. The minimum atomic E-state index is -1.58. The second-order valence-corrected chi connectivity index (χ2v) is 5.64. The van der Waals surface area contributed by atoms with Crippen LogP contribution in [0.15, 0.2) is 42.6 Å². The van der Waals surface area contributed by atoms with Gasteiger partial charge in [-0.25, -0.2) is 9.78 Å². The van der Waals surface area contributed by atoms with Crippen LogP contribution < -0.4 is 5.32 Å². The Morgan fingerprint density at radius 1 is 1.35 bits per heavy atom. The maximum atomic E-state index is 11.6. The molecule has 10 heteroatoms. The highest BCUT2D eigenvalue weighted by Crippen LogP contribution is 2.27. The van der Waals surface area contributed by atoms with Crippen molar-refractivity contribution >= 4 is 23.4 Å². The van der Waals surface area contributed by atoms with Crippen LogP contribution >= 0.6 is 11.6 Å². The second-order valence-electron chi connectivity index (χ2n) is 5.29. The molecule has 1 aromatic carbocycles. The number of alkyl carbamates (subject to hydrolysis) is 1. The average Bonchev–Trinajstić information content (AvgIpc) is 2.64. The van der Waals surface area contributed by atoms with Gasteiger partial charge in [-0.15, -0.1) is 0 Å². The van der Waals surface area contributed by atoms with Gasteiger partial charge in [-0.3, -0.25) is 10.1 Å². The first-order valence-corrected chi connectivity index (χ1v) is 7.86. The van der Waals surface area contributed by atoms with Crippen LogP contribution in [-0.2, 0) is 11.3 Å². The lowest BCUT2D eigenvalue weighted by Crippen LogP contribution is -2.35. The van der Waals surface area contributed by atoms with Crippen molar-refractivity contribution in [3.63, 3.8) is 0 Å².